The number of ether oxygens (including phenoxy) is 2. The Morgan fingerprint density at radius 2 is 2.00 bits per heavy atom. The van der Waals surface area contributed by atoms with Gasteiger partial charge in [-0.05, 0) is 31.2 Å². The number of methoxy groups -OCH3 is 1. The van der Waals surface area contributed by atoms with Crippen molar-refractivity contribution in [1.29, 1.82) is 0 Å². The Labute approximate surface area is 126 Å². The number of hydrogen-bond donors (Lipinski definition) is 1. The van der Waals surface area contributed by atoms with E-state index in [0.717, 1.165) is 5.56 Å². The molecule has 8 nitrogen and oxygen atoms in total. The maximum atomic E-state index is 11.4. The molecule has 8 heteroatoms. The van der Waals surface area contributed by atoms with E-state index >= 15 is 0 Å². The molecule has 0 unspecified atom stereocenters. The van der Waals surface area contributed by atoms with Gasteiger partial charge in [0, 0.05) is 5.56 Å². The number of carbonyl (C=O) groups excluding carboxylic acids is 2. The maximum absolute atomic E-state index is 11.4. The van der Waals surface area contributed by atoms with Crippen LogP contribution < -0.4 is 10.1 Å². The summed E-state index contributed by atoms with van der Waals surface area (Å²) in [6.45, 7) is 1.69. The molecule has 0 aliphatic rings. The quantitative estimate of drug-likeness (QED) is 0.647. The van der Waals surface area contributed by atoms with E-state index in [-0.39, 0.29) is 19.0 Å². The molecule has 0 saturated heterocycles. The maximum Gasteiger partial charge on any atom is 0.396 e. The summed E-state index contributed by atoms with van der Waals surface area (Å²) < 4.78 is 14.6. The van der Waals surface area contributed by atoms with Crippen LogP contribution in [0, 0.1) is 0 Å². The Morgan fingerprint density at radius 3 is 2.64 bits per heavy atom. The Kier molecular flexibility index (Phi) is 5.07. The second kappa shape index (κ2) is 7.21. The number of nitrogens with one attached hydrogen (secondary N) is 1. The minimum atomic E-state index is -0.947. The van der Waals surface area contributed by atoms with Crippen LogP contribution in [-0.4, -0.2) is 35.7 Å². The van der Waals surface area contributed by atoms with Gasteiger partial charge in [-0.1, -0.05) is 5.16 Å². The predicted octanol–water partition coefficient (Wildman–Crippen LogP) is 0.924. The average molecular weight is 305 g/mol. The largest absolute Gasteiger partial charge is 0.497 e. The van der Waals surface area contributed by atoms with E-state index in [1.54, 1.807) is 38.3 Å². The van der Waals surface area contributed by atoms with Crippen LogP contribution in [0.5, 0.6) is 5.75 Å². The third-order valence-electron chi connectivity index (χ3n) is 2.68. The first-order valence-corrected chi connectivity index (χ1v) is 6.56. The van der Waals surface area contributed by atoms with Crippen LogP contribution in [-0.2, 0) is 20.9 Å². The van der Waals surface area contributed by atoms with Gasteiger partial charge >= 0.3 is 11.9 Å². The van der Waals surface area contributed by atoms with Gasteiger partial charge in [0.2, 0.25) is 11.7 Å². The highest BCUT2D eigenvalue weighted by Gasteiger charge is 2.16. The molecule has 0 aliphatic carbocycles. The SMILES string of the molecule is CCOC(=O)C(=O)NCc1nc(-c2ccc(OC)cc2)no1. The average Bonchev–Trinajstić information content (AvgIpc) is 3.02. The van der Waals surface area contributed by atoms with Gasteiger partial charge in [0.05, 0.1) is 20.3 Å². The standard InChI is InChI=1S/C14H15N3O5/c1-3-21-14(19)13(18)15-8-11-16-12(17-22-11)9-4-6-10(20-2)7-5-9/h4-7H,3,8H2,1-2H3,(H,15,18). The summed E-state index contributed by atoms with van der Waals surface area (Å²) in [5.41, 5.74) is 0.743. The lowest BCUT2D eigenvalue weighted by molar-refractivity contribution is -0.154. The van der Waals surface area contributed by atoms with E-state index in [0.29, 0.717) is 11.6 Å². The van der Waals surface area contributed by atoms with Crippen molar-refractivity contribution in [3.63, 3.8) is 0 Å². The van der Waals surface area contributed by atoms with Crippen molar-refractivity contribution in [3.8, 4) is 17.1 Å². The fourth-order valence-corrected chi connectivity index (χ4v) is 1.61. The van der Waals surface area contributed by atoms with Crippen molar-refractivity contribution in [2.45, 2.75) is 13.5 Å². The zero-order valence-electron chi connectivity index (χ0n) is 12.2. The first kappa shape index (κ1) is 15.5. The molecule has 1 aromatic heterocycles. The molecule has 0 spiro atoms. The lowest BCUT2D eigenvalue weighted by Gasteiger charge is -2.01. The van der Waals surface area contributed by atoms with Crippen LogP contribution in [0.4, 0.5) is 0 Å². The van der Waals surface area contributed by atoms with Gasteiger partial charge in [0.25, 0.3) is 0 Å². The van der Waals surface area contributed by atoms with E-state index in [1.807, 2.05) is 0 Å². The topological polar surface area (TPSA) is 104 Å². The highest BCUT2D eigenvalue weighted by Crippen LogP contribution is 2.19. The van der Waals surface area contributed by atoms with Gasteiger partial charge in [0.1, 0.15) is 5.75 Å². The molecule has 2 aromatic rings. The van der Waals surface area contributed by atoms with E-state index in [2.05, 4.69) is 20.2 Å². The number of nitrogens with zero attached hydrogens (tertiary/aromatic N) is 2. The highest BCUT2D eigenvalue weighted by atomic mass is 16.5. The Hall–Kier alpha value is -2.90. The summed E-state index contributed by atoms with van der Waals surface area (Å²) in [6.07, 6.45) is 0. The molecule has 0 saturated carbocycles. The number of amides is 1. The molecule has 1 amide bonds. The van der Waals surface area contributed by atoms with Gasteiger partial charge < -0.3 is 19.3 Å². The molecule has 116 valence electrons. The Morgan fingerprint density at radius 1 is 1.27 bits per heavy atom. The zero-order chi connectivity index (χ0) is 15.9. The van der Waals surface area contributed by atoms with Crippen LogP contribution >= 0.6 is 0 Å². The van der Waals surface area contributed by atoms with E-state index in [9.17, 15) is 9.59 Å². The fraction of sp³-hybridized carbons (Fsp3) is 0.286. The highest BCUT2D eigenvalue weighted by molar-refractivity contribution is 6.32. The van der Waals surface area contributed by atoms with Gasteiger partial charge in [0.15, 0.2) is 0 Å². The molecule has 0 aliphatic heterocycles. The van der Waals surface area contributed by atoms with Crippen molar-refractivity contribution >= 4 is 11.9 Å². The van der Waals surface area contributed by atoms with E-state index < -0.39 is 11.9 Å². The van der Waals surface area contributed by atoms with Crippen LogP contribution in [0.15, 0.2) is 28.8 Å². The zero-order valence-corrected chi connectivity index (χ0v) is 12.2. The van der Waals surface area contributed by atoms with Crippen molar-refractivity contribution in [2.24, 2.45) is 0 Å². The second-order valence-electron chi connectivity index (χ2n) is 4.14. The van der Waals surface area contributed by atoms with Crippen LogP contribution in [0.1, 0.15) is 12.8 Å². The summed E-state index contributed by atoms with van der Waals surface area (Å²) >= 11 is 0. The molecular weight excluding hydrogens is 290 g/mol. The fourth-order valence-electron chi connectivity index (χ4n) is 1.61. The van der Waals surface area contributed by atoms with Crippen LogP contribution in [0.3, 0.4) is 0 Å². The molecule has 22 heavy (non-hydrogen) atoms. The molecule has 1 heterocycles. The number of benzene rings is 1. The van der Waals surface area contributed by atoms with Crippen molar-refractivity contribution in [1.82, 2.24) is 15.5 Å². The van der Waals surface area contributed by atoms with Crippen molar-refractivity contribution in [2.75, 3.05) is 13.7 Å². The summed E-state index contributed by atoms with van der Waals surface area (Å²) in [6, 6.07) is 7.11. The Bertz CT molecular complexity index is 651. The molecule has 1 N–H and O–H groups in total. The second-order valence-corrected chi connectivity index (χ2v) is 4.14. The lowest BCUT2D eigenvalue weighted by atomic mass is 10.2. The van der Waals surface area contributed by atoms with Gasteiger partial charge in [-0.25, -0.2) is 4.79 Å². The summed E-state index contributed by atoms with van der Waals surface area (Å²) in [5.74, 6) is -0.524. The van der Waals surface area contributed by atoms with Crippen molar-refractivity contribution < 1.29 is 23.6 Å². The number of carbonyl (C=O) groups is 2. The minimum Gasteiger partial charge on any atom is -0.497 e. The van der Waals surface area contributed by atoms with Crippen LogP contribution in [0.25, 0.3) is 11.4 Å². The molecular formula is C14H15N3O5. The number of aromatic nitrogens is 2. The normalized spacial score (nSPS) is 10.1. The molecule has 0 bridgehead atoms. The van der Waals surface area contributed by atoms with Gasteiger partial charge in [-0.15, -0.1) is 0 Å². The number of rotatable bonds is 5. The Balaban J connectivity index is 1.96. The first-order valence-electron chi connectivity index (χ1n) is 6.56. The summed E-state index contributed by atoms with van der Waals surface area (Å²) in [4.78, 5) is 26.6. The molecule has 0 atom stereocenters. The molecule has 2 rings (SSSR count). The smallest absolute Gasteiger partial charge is 0.396 e. The molecule has 0 fully saturated rings. The molecule has 1 aromatic carbocycles. The van der Waals surface area contributed by atoms with Gasteiger partial charge in [-0.3, -0.25) is 4.79 Å². The summed E-state index contributed by atoms with van der Waals surface area (Å²) in [5, 5.41) is 6.14. The third kappa shape index (κ3) is 3.81. The minimum absolute atomic E-state index is 0.0548. The summed E-state index contributed by atoms with van der Waals surface area (Å²) in [7, 11) is 1.58. The molecule has 0 radical (unpaired) electrons. The third-order valence-corrected chi connectivity index (χ3v) is 2.68. The number of esters is 1. The number of hydrogen-bond acceptors (Lipinski definition) is 7. The van der Waals surface area contributed by atoms with Gasteiger partial charge in [-0.2, -0.15) is 4.98 Å². The predicted molar refractivity (Wildman–Crippen MR) is 74.8 cm³/mol. The van der Waals surface area contributed by atoms with E-state index in [1.165, 1.54) is 0 Å². The first-order chi connectivity index (χ1) is 10.6. The van der Waals surface area contributed by atoms with Crippen molar-refractivity contribution in [3.05, 3.63) is 30.2 Å². The lowest BCUT2D eigenvalue weighted by Crippen LogP contribution is -2.32. The van der Waals surface area contributed by atoms with Crippen LogP contribution in [0.2, 0.25) is 0 Å². The monoisotopic (exact) mass is 305 g/mol. The van der Waals surface area contributed by atoms with E-state index in [4.69, 9.17) is 9.26 Å².